The quantitative estimate of drug-likeness (QED) is 0.392. The lowest BCUT2D eigenvalue weighted by atomic mass is 9.80. The number of halogens is 1. The Labute approximate surface area is 210 Å². The van der Waals surface area contributed by atoms with Gasteiger partial charge in [-0.2, -0.15) is 0 Å². The van der Waals surface area contributed by atoms with E-state index in [4.69, 9.17) is 9.84 Å². The van der Waals surface area contributed by atoms with Crippen molar-refractivity contribution >= 4 is 39.6 Å². The first kappa shape index (κ1) is 23.1. The van der Waals surface area contributed by atoms with Crippen LogP contribution in [0.3, 0.4) is 0 Å². The van der Waals surface area contributed by atoms with Gasteiger partial charge in [0.2, 0.25) is 0 Å². The van der Waals surface area contributed by atoms with Crippen LogP contribution in [-0.2, 0) is 9.53 Å². The molecule has 3 aromatic carbocycles. The maximum absolute atomic E-state index is 12.8. The average molecular weight is 535 g/mol. The van der Waals surface area contributed by atoms with Crippen molar-refractivity contribution in [1.29, 1.82) is 0 Å². The van der Waals surface area contributed by atoms with E-state index in [-0.39, 0.29) is 30.0 Å². The zero-order valence-corrected chi connectivity index (χ0v) is 20.2. The van der Waals surface area contributed by atoms with Gasteiger partial charge in [0, 0.05) is 16.4 Å². The summed E-state index contributed by atoms with van der Waals surface area (Å²) in [6.45, 7) is 0.161. The lowest BCUT2D eigenvalue weighted by Crippen LogP contribution is -2.46. The highest BCUT2D eigenvalue weighted by atomic mass is 79.9. The third-order valence-electron chi connectivity index (χ3n) is 6.63. The zero-order valence-electron chi connectivity index (χ0n) is 18.7. The molecule has 178 valence electrons. The number of carbonyl (C=O) groups is 3. The second-order valence-electron chi connectivity index (χ2n) is 8.82. The predicted molar refractivity (Wildman–Crippen MR) is 134 cm³/mol. The Bertz CT molecular complexity index is 1270. The molecule has 7 nitrogen and oxygen atoms in total. The van der Waals surface area contributed by atoms with Crippen molar-refractivity contribution in [3.05, 3.63) is 87.9 Å². The second kappa shape index (κ2) is 9.54. The largest absolute Gasteiger partial charge is 0.481 e. The Kier molecular flexibility index (Phi) is 6.30. The third kappa shape index (κ3) is 4.66. The standard InChI is InChI=1S/C27H23BrN2O5/c28-16-9-10-22(25(31)29-17-11-15(12-17)26(32)33)24(13-16)30-27(34)35-14-23-20-7-3-1-5-18(20)19-6-2-4-8-21(19)23/h1-10,13,15,17,23H,11-12,14H2,(H,29,31)(H,30,34)(H,32,33). The average Bonchev–Trinajstić information content (AvgIpc) is 3.13. The van der Waals surface area contributed by atoms with Gasteiger partial charge in [-0.15, -0.1) is 0 Å². The molecule has 5 rings (SSSR count). The number of rotatable bonds is 6. The number of carboxylic acids is 1. The Balaban J connectivity index is 1.26. The first-order valence-corrected chi connectivity index (χ1v) is 12.1. The number of nitrogens with one attached hydrogen (secondary N) is 2. The molecule has 8 heteroatoms. The molecule has 0 unspecified atom stereocenters. The summed E-state index contributed by atoms with van der Waals surface area (Å²) in [5.41, 5.74) is 5.10. The fourth-order valence-corrected chi connectivity index (χ4v) is 5.12. The van der Waals surface area contributed by atoms with Crippen LogP contribution in [-0.4, -0.2) is 35.7 Å². The topological polar surface area (TPSA) is 105 Å². The Morgan fingerprint density at radius 3 is 2.20 bits per heavy atom. The lowest BCUT2D eigenvalue weighted by molar-refractivity contribution is -0.145. The van der Waals surface area contributed by atoms with Crippen LogP contribution in [0, 0.1) is 5.92 Å². The summed E-state index contributed by atoms with van der Waals surface area (Å²) in [5, 5.41) is 14.6. The van der Waals surface area contributed by atoms with Gasteiger partial charge in [0.05, 0.1) is 17.2 Å². The predicted octanol–water partition coefficient (Wildman–Crippen LogP) is 5.40. The highest BCUT2D eigenvalue weighted by Gasteiger charge is 2.35. The Morgan fingerprint density at radius 1 is 0.943 bits per heavy atom. The molecule has 0 radical (unpaired) electrons. The first-order chi connectivity index (χ1) is 16.9. The van der Waals surface area contributed by atoms with E-state index in [0.29, 0.717) is 23.0 Å². The van der Waals surface area contributed by atoms with E-state index < -0.39 is 18.0 Å². The summed E-state index contributed by atoms with van der Waals surface area (Å²) in [4.78, 5) is 36.6. The van der Waals surface area contributed by atoms with E-state index >= 15 is 0 Å². The summed E-state index contributed by atoms with van der Waals surface area (Å²) >= 11 is 3.37. The van der Waals surface area contributed by atoms with Crippen LogP contribution < -0.4 is 10.6 Å². The van der Waals surface area contributed by atoms with Crippen molar-refractivity contribution in [2.45, 2.75) is 24.8 Å². The van der Waals surface area contributed by atoms with E-state index in [1.807, 2.05) is 36.4 Å². The highest BCUT2D eigenvalue weighted by Crippen LogP contribution is 2.44. The minimum atomic E-state index is -0.850. The summed E-state index contributed by atoms with van der Waals surface area (Å²) in [6.07, 6.45) is 0.132. The van der Waals surface area contributed by atoms with Crippen LogP contribution in [0.15, 0.2) is 71.2 Å². The number of carboxylic acid groups (broad SMARTS) is 1. The molecule has 2 amide bonds. The van der Waals surface area contributed by atoms with Crippen molar-refractivity contribution in [1.82, 2.24) is 5.32 Å². The van der Waals surface area contributed by atoms with Crippen LogP contribution in [0.1, 0.15) is 40.2 Å². The smallest absolute Gasteiger partial charge is 0.411 e. The number of anilines is 1. The minimum Gasteiger partial charge on any atom is -0.481 e. The summed E-state index contributed by atoms with van der Waals surface area (Å²) in [7, 11) is 0. The van der Waals surface area contributed by atoms with Crippen molar-refractivity contribution < 1.29 is 24.2 Å². The van der Waals surface area contributed by atoms with Crippen molar-refractivity contribution in [3.63, 3.8) is 0 Å². The molecular weight excluding hydrogens is 512 g/mol. The first-order valence-electron chi connectivity index (χ1n) is 11.4. The molecular formula is C27H23BrN2O5. The van der Waals surface area contributed by atoms with Crippen molar-refractivity contribution in [2.24, 2.45) is 5.92 Å². The number of amides is 2. The number of hydrogen-bond acceptors (Lipinski definition) is 4. The number of ether oxygens (including phenoxy) is 1. The van der Waals surface area contributed by atoms with E-state index in [0.717, 1.165) is 22.3 Å². The van der Waals surface area contributed by atoms with Gasteiger partial charge in [-0.1, -0.05) is 64.5 Å². The van der Waals surface area contributed by atoms with Crippen LogP contribution in [0.5, 0.6) is 0 Å². The van der Waals surface area contributed by atoms with Crippen molar-refractivity contribution in [3.8, 4) is 11.1 Å². The summed E-state index contributed by atoms with van der Waals surface area (Å²) in [5.74, 6) is -1.72. The fourth-order valence-electron chi connectivity index (χ4n) is 4.76. The van der Waals surface area contributed by atoms with E-state index in [2.05, 4.69) is 38.7 Å². The zero-order chi connectivity index (χ0) is 24.5. The molecule has 0 bridgehead atoms. The summed E-state index contributed by atoms with van der Waals surface area (Å²) < 4.78 is 6.30. The van der Waals surface area contributed by atoms with Crippen LogP contribution in [0.4, 0.5) is 10.5 Å². The highest BCUT2D eigenvalue weighted by molar-refractivity contribution is 9.10. The van der Waals surface area contributed by atoms with E-state index in [1.54, 1.807) is 18.2 Å². The number of fused-ring (bicyclic) bond motifs is 3. The van der Waals surface area contributed by atoms with Crippen LogP contribution >= 0.6 is 15.9 Å². The maximum Gasteiger partial charge on any atom is 0.411 e. The lowest BCUT2D eigenvalue weighted by Gasteiger charge is -2.33. The van der Waals surface area contributed by atoms with Gasteiger partial charge in [0.25, 0.3) is 5.91 Å². The van der Waals surface area contributed by atoms with Gasteiger partial charge in [-0.3, -0.25) is 14.9 Å². The SMILES string of the molecule is O=C(Nc1cc(Br)ccc1C(=O)NC1CC(C(=O)O)C1)OCC1c2ccccc2-c2ccccc21. The van der Waals surface area contributed by atoms with Crippen LogP contribution in [0.25, 0.3) is 11.1 Å². The van der Waals surface area contributed by atoms with Gasteiger partial charge in [0.15, 0.2) is 0 Å². The van der Waals surface area contributed by atoms with Gasteiger partial charge in [-0.25, -0.2) is 4.79 Å². The number of aliphatic carboxylic acids is 1. The second-order valence-corrected chi connectivity index (χ2v) is 9.73. The molecule has 0 spiro atoms. The fraction of sp³-hybridized carbons (Fsp3) is 0.222. The van der Waals surface area contributed by atoms with Gasteiger partial charge in [-0.05, 0) is 53.3 Å². The molecule has 1 saturated carbocycles. The van der Waals surface area contributed by atoms with E-state index in [9.17, 15) is 14.4 Å². The molecule has 3 N–H and O–H groups in total. The van der Waals surface area contributed by atoms with Gasteiger partial charge in [0.1, 0.15) is 6.61 Å². The van der Waals surface area contributed by atoms with Gasteiger partial charge >= 0.3 is 12.1 Å². The molecule has 2 aliphatic rings. The molecule has 1 fully saturated rings. The molecule has 0 aliphatic heterocycles. The summed E-state index contributed by atoms with van der Waals surface area (Å²) in [6, 6.07) is 20.9. The monoisotopic (exact) mass is 534 g/mol. The van der Waals surface area contributed by atoms with Crippen LogP contribution in [0.2, 0.25) is 0 Å². The normalized spacial score (nSPS) is 18.1. The van der Waals surface area contributed by atoms with Gasteiger partial charge < -0.3 is 15.2 Å². The minimum absolute atomic E-state index is 0.0702. The number of benzene rings is 3. The van der Waals surface area contributed by atoms with E-state index in [1.165, 1.54) is 0 Å². The third-order valence-corrected chi connectivity index (χ3v) is 7.12. The van der Waals surface area contributed by atoms with Crippen molar-refractivity contribution in [2.75, 3.05) is 11.9 Å². The maximum atomic E-state index is 12.8. The molecule has 0 atom stereocenters. The molecule has 2 aliphatic carbocycles. The molecule has 0 saturated heterocycles. The Hall–Kier alpha value is -3.65. The molecule has 35 heavy (non-hydrogen) atoms. The number of hydrogen-bond donors (Lipinski definition) is 3. The Morgan fingerprint density at radius 2 is 1.57 bits per heavy atom. The number of carbonyl (C=O) groups excluding carboxylic acids is 2. The molecule has 0 aromatic heterocycles. The molecule has 3 aromatic rings. The molecule has 0 heterocycles.